The minimum Gasteiger partial charge on any atom is -0.329 e. The Bertz CT molecular complexity index is 605. The van der Waals surface area contributed by atoms with Crippen molar-refractivity contribution >= 4 is 5.65 Å². The monoisotopic (exact) mass is 246 g/mol. The first-order valence-electron chi connectivity index (χ1n) is 5.98. The summed E-state index contributed by atoms with van der Waals surface area (Å²) in [5, 5.41) is 0. The molecule has 0 saturated carbocycles. The van der Waals surface area contributed by atoms with Crippen molar-refractivity contribution in [2.45, 2.75) is 13.5 Å². The molecule has 0 bridgehead atoms. The van der Waals surface area contributed by atoms with Crippen LogP contribution in [0.2, 0.25) is 0 Å². The van der Waals surface area contributed by atoms with Gasteiger partial charge in [-0.3, -0.25) is 14.1 Å². The van der Waals surface area contributed by atoms with Crippen LogP contribution in [0.1, 0.15) is 11.3 Å². The lowest BCUT2D eigenvalue weighted by Gasteiger charge is -2.15. The summed E-state index contributed by atoms with van der Waals surface area (Å²) in [6.45, 7) is 3.98. The van der Waals surface area contributed by atoms with Gasteiger partial charge in [-0.25, -0.2) is 4.98 Å². The SMILES string of the molecule is Cc1cccn2c(=O)cc(CN(C)CCN)nc12. The maximum absolute atomic E-state index is 12.0. The molecule has 0 unspecified atom stereocenters. The van der Waals surface area contributed by atoms with Gasteiger partial charge in [-0.05, 0) is 25.6 Å². The molecule has 5 nitrogen and oxygen atoms in total. The van der Waals surface area contributed by atoms with Crippen LogP contribution in [-0.2, 0) is 6.54 Å². The Morgan fingerprint density at radius 1 is 1.50 bits per heavy atom. The molecular weight excluding hydrogens is 228 g/mol. The molecule has 2 aromatic rings. The van der Waals surface area contributed by atoms with Crippen LogP contribution in [0.5, 0.6) is 0 Å². The molecule has 0 aliphatic rings. The van der Waals surface area contributed by atoms with E-state index in [2.05, 4.69) is 9.88 Å². The third-order valence-electron chi connectivity index (χ3n) is 2.88. The van der Waals surface area contributed by atoms with Gasteiger partial charge in [-0.1, -0.05) is 6.07 Å². The van der Waals surface area contributed by atoms with Gasteiger partial charge >= 0.3 is 0 Å². The highest BCUT2D eigenvalue weighted by molar-refractivity contribution is 5.46. The summed E-state index contributed by atoms with van der Waals surface area (Å²) in [5.41, 5.74) is 7.96. The Labute approximate surface area is 106 Å². The minimum absolute atomic E-state index is 0.0418. The molecule has 0 aromatic carbocycles. The van der Waals surface area contributed by atoms with Crippen molar-refractivity contribution in [1.29, 1.82) is 0 Å². The highest BCUT2D eigenvalue weighted by Crippen LogP contribution is 2.06. The maximum Gasteiger partial charge on any atom is 0.258 e. The molecule has 0 aliphatic heterocycles. The summed E-state index contributed by atoms with van der Waals surface area (Å²) in [4.78, 5) is 18.6. The van der Waals surface area contributed by atoms with E-state index in [9.17, 15) is 4.79 Å². The lowest BCUT2D eigenvalue weighted by Crippen LogP contribution is -2.26. The number of nitrogens with two attached hydrogens (primary N) is 1. The molecular formula is C13H18N4O. The molecule has 96 valence electrons. The zero-order chi connectivity index (χ0) is 13.1. The molecule has 0 radical (unpaired) electrons. The summed E-state index contributed by atoms with van der Waals surface area (Å²) >= 11 is 0. The van der Waals surface area contributed by atoms with E-state index >= 15 is 0 Å². The van der Waals surface area contributed by atoms with Crippen LogP contribution in [0.3, 0.4) is 0 Å². The third kappa shape index (κ3) is 2.57. The summed E-state index contributed by atoms with van der Waals surface area (Å²) in [7, 11) is 1.97. The molecule has 0 saturated heterocycles. The van der Waals surface area contributed by atoms with Gasteiger partial charge in [0.05, 0.1) is 5.69 Å². The molecule has 0 atom stereocenters. The van der Waals surface area contributed by atoms with Crippen LogP contribution >= 0.6 is 0 Å². The quantitative estimate of drug-likeness (QED) is 0.848. The molecule has 0 amide bonds. The van der Waals surface area contributed by atoms with Crippen LogP contribution in [0, 0.1) is 6.92 Å². The van der Waals surface area contributed by atoms with Gasteiger partial charge in [0.2, 0.25) is 0 Å². The van der Waals surface area contributed by atoms with Crippen molar-refractivity contribution in [3.63, 3.8) is 0 Å². The number of aromatic nitrogens is 2. The maximum atomic E-state index is 12.0. The number of hydrogen-bond donors (Lipinski definition) is 1. The predicted molar refractivity (Wildman–Crippen MR) is 71.6 cm³/mol. The van der Waals surface area contributed by atoms with E-state index in [-0.39, 0.29) is 5.56 Å². The Balaban J connectivity index is 2.42. The van der Waals surface area contributed by atoms with Crippen LogP contribution in [0.15, 0.2) is 29.2 Å². The molecule has 18 heavy (non-hydrogen) atoms. The average Bonchev–Trinajstić information content (AvgIpc) is 2.31. The first-order chi connectivity index (χ1) is 8.61. The second-order valence-corrected chi connectivity index (χ2v) is 4.50. The van der Waals surface area contributed by atoms with Gasteiger partial charge < -0.3 is 5.73 Å². The van der Waals surface area contributed by atoms with Crippen LogP contribution < -0.4 is 11.3 Å². The molecule has 2 aromatic heterocycles. The Morgan fingerprint density at radius 2 is 2.28 bits per heavy atom. The van der Waals surface area contributed by atoms with Crippen molar-refractivity contribution < 1.29 is 0 Å². The normalized spacial score (nSPS) is 11.3. The second-order valence-electron chi connectivity index (χ2n) is 4.50. The molecule has 5 heteroatoms. The third-order valence-corrected chi connectivity index (χ3v) is 2.88. The molecule has 2 heterocycles. The zero-order valence-electron chi connectivity index (χ0n) is 10.8. The smallest absolute Gasteiger partial charge is 0.258 e. The Morgan fingerprint density at radius 3 is 3.00 bits per heavy atom. The van der Waals surface area contributed by atoms with Gasteiger partial charge in [0.25, 0.3) is 5.56 Å². The van der Waals surface area contributed by atoms with Crippen molar-refractivity contribution in [2.75, 3.05) is 20.1 Å². The van der Waals surface area contributed by atoms with Crippen molar-refractivity contribution in [2.24, 2.45) is 5.73 Å². The van der Waals surface area contributed by atoms with Crippen molar-refractivity contribution in [3.8, 4) is 0 Å². The number of rotatable bonds is 4. The van der Waals surface area contributed by atoms with Gasteiger partial charge in [0.1, 0.15) is 5.65 Å². The van der Waals surface area contributed by atoms with E-state index in [1.54, 1.807) is 16.7 Å². The lowest BCUT2D eigenvalue weighted by atomic mass is 10.3. The number of hydrogen-bond acceptors (Lipinski definition) is 4. The van der Waals surface area contributed by atoms with E-state index < -0.39 is 0 Å². The first kappa shape index (κ1) is 12.7. The Kier molecular flexibility index (Phi) is 3.74. The van der Waals surface area contributed by atoms with Gasteiger partial charge in [0, 0.05) is 31.9 Å². The molecule has 0 aliphatic carbocycles. The molecule has 2 N–H and O–H groups in total. The molecule has 0 fully saturated rings. The lowest BCUT2D eigenvalue weighted by molar-refractivity contribution is 0.332. The van der Waals surface area contributed by atoms with E-state index in [1.807, 2.05) is 26.1 Å². The summed E-state index contributed by atoms with van der Waals surface area (Å²) in [6.07, 6.45) is 1.74. The number of pyridine rings is 1. The molecule has 0 spiro atoms. The first-order valence-corrected chi connectivity index (χ1v) is 5.98. The zero-order valence-corrected chi connectivity index (χ0v) is 10.8. The topological polar surface area (TPSA) is 63.6 Å². The van der Waals surface area contributed by atoms with E-state index in [0.717, 1.165) is 23.4 Å². The highest BCUT2D eigenvalue weighted by Gasteiger charge is 2.06. The van der Waals surface area contributed by atoms with Crippen LogP contribution in [-0.4, -0.2) is 34.4 Å². The van der Waals surface area contributed by atoms with Crippen molar-refractivity contribution in [3.05, 3.63) is 46.0 Å². The standard InChI is InChI=1S/C13H18N4O/c1-10-4-3-6-17-12(18)8-11(15-13(10)17)9-16(2)7-5-14/h3-4,6,8H,5,7,9,14H2,1-2H3. The van der Waals surface area contributed by atoms with Crippen LogP contribution in [0.25, 0.3) is 5.65 Å². The van der Waals surface area contributed by atoms with Crippen LogP contribution in [0.4, 0.5) is 0 Å². The summed E-state index contributed by atoms with van der Waals surface area (Å²) in [5.74, 6) is 0. The fourth-order valence-electron chi connectivity index (χ4n) is 1.97. The number of likely N-dealkylation sites (N-methyl/N-ethyl adjacent to an activating group) is 1. The number of fused-ring (bicyclic) bond motifs is 1. The highest BCUT2D eigenvalue weighted by atomic mass is 16.1. The van der Waals surface area contributed by atoms with Gasteiger partial charge in [-0.2, -0.15) is 0 Å². The van der Waals surface area contributed by atoms with E-state index in [0.29, 0.717) is 13.1 Å². The van der Waals surface area contributed by atoms with Gasteiger partial charge in [0.15, 0.2) is 0 Å². The van der Waals surface area contributed by atoms with Gasteiger partial charge in [-0.15, -0.1) is 0 Å². The largest absolute Gasteiger partial charge is 0.329 e. The fraction of sp³-hybridized carbons (Fsp3) is 0.385. The second kappa shape index (κ2) is 5.29. The average molecular weight is 246 g/mol. The summed E-state index contributed by atoms with van der Waals surface area (Å²) < 4.78 is 1.57. The van der Waals surface area contributed by atoms with E-state index in [4.69, 9.17) is 5.73 Å². The molecule has 2 rings (SSSR count). The fourth-order valence-corrected chi connectivity index (χ4v) is 1.97. The number of aryl methyl sites for hydroxylation is 1. The Hall–Kier alpha value is -1.72. The number of nitrogens with zero attached hydrogens (tertiary/aromatic N) is 3. The minimum atomic E-state index is -0.0418. The summed E-state index contributed by atoms with van der Waals surface area (Å²) in [6, 6.07) is 5.39. The van der Waals surface area contributed by atoms with E-state index in [1.165, 1.54) is 0 Å². The predicted octanol–water partition coefficient (Wildman–Crippen LogP) is 0.393. The van der Waals surface area contributed by atoms with Crippen molar-refractivity contribution in [1.82, 2.24) is 14.3 Å².